The minimum atomic E-state index is -0.595. The van der Waals surface area contributed by atoms with E-state index in [4.69, 9.17) is 4.74 Å². The zero-order chi connectivity index (χ0) is 23.7. The zero-order valence-electron chi connectivity index (χ0n) is 18.8. The van der Waals surface area contributed by atoms with Crippen LogP contribution in [0.15, 0.2) is 59.2 Å². The molecule has 2 N–H and O–H groups in total. The van der Waals surface area contributed by atoms with Crippen molar-refractivity contribution in [2.45, 2.75) is 13.0 Å². The molecule has 0 bridgehead atoms. The predicted octanol–water partition coefficient (Wildman–Crippen LogP) is 2.67. The lowest BCUT2D eigenvalue weighted by Gasteiger charge is -2.29. The molecule has 2 aromatic heterocycles. The second-order valence-electron chi connectivity index (χ2n) is 8.42. The van der Waals surface area contributed by atoms with Gasteiger partial charge in [-0.25, -0.2) is 4.98 Å². The van der Waals surface area contributed by atoms with E-state index in [0.29, 0.717) is 30.3 Å². The van der Waals surface area contributed by atoms with Crippen molar-refractivity contribution in [3.63, 3.8) is 0 Å². The molecule has 0 radical (unpaired) electrons. The number of thiophene rings is 1. The Morgan fingerprint density at radius 3 is 2.68 bits per heavy atom. The van der Waals surface area contributed by atoms with Crippen LogP contribution >= 0.6 is 22.7 Å². The van der Waals surface area contributed by atoms with Gasteiger partial charge in [-0.15, -0.1) is 22.7 Å². The van der Waals surface area contributed by atoms with Crippen molar-refractivity contribution in [2.75, 3.05) is 39.4 Å². The molecule has 3 aromatic rings. The Balaban J connectivity index is 1.46. The molecule has 4 heterocycles. The SMILES string of the molecule is Cc1nc(-c2ccccc2)sc1C(=O)C1=C(O)C(=O)N(CC[NH+]2CCOCC2)C1c1cccs1. The number of rotatable bonds is 7. The van der Waals surface area contributed by atoms with Crippen LogP contribution in [0.2, 0.25) is 0 Å². The van der Waals surface area contributed by atoms with Gasteiger partial charge in [0.05, 0.1) is 48.5 Å². The van der Waals surface area contributed by atoms with E-state index in [1.807, 2.05) is 47.8 Å². The quantitative estimate of drug-likeness (QED) is 0.492. The van der Waals surface area contributed by atoms with Crippen LogP contribution in [0.1, 0.15) is 26.3 Å². The van der Waals surface area contributed by atoms with Gasteiger partial charge in [0.1, 0.15) is 18.1 Å². The number of morpholine rings is 1. The van der Waals surface area contributed by atoms with Gasteiger partial charge in [0.15, 0.2) is 5.76 Å². The molecular formula is C25H26N3O4S2+. The molecule has 2 aliphatic heterocycles. The maximum Gasteiger partial charge on any atom is 0.290 e. The third kappa shape index (κ3) is 4.32. The highest BCUT2D eigenvalue weighted by atomic mass is 32.1. The third-order valence-corrected chi connectivity index (χ3v) is 8.42. The first-order valence-electron chi connectivity index (χ1n) is 11.3. The summed E-state index contributed by atoms with van der Waals surface area (Å²) in [5.41, 5.74) is 1.68. The maximum atomic E-state index is 13.8. The number of ketones is 1. The number of amides is 1. The molecule has 1 unspecified atom stereocenters. The number of thiazole rings is 1. The molecule has 2 aliphatic rings. The predicted molar refractivity (Wildman–Crippen MR) is 131 cm³/mol. The summed E-state index contributed by atoms with van der Waals surface area (Å²) in [4.78, 5) is 35.9. The number of hydrogen-bond donors (Lipinski definition) is 2. The molecule has 1 aromatic carbocycles. The summed E-state index contributed by atoms with van der Waals surface area (Å²) in [7, 11) is 0. The van der Waals surface area contributed by atoms with Gasteiger partial charge in [-0.2, -0.15) is 0 Å². The smallest absolute Gasteiger partial charge is 0.290 e. The largest absolute Gasteiger partial charge is 0.503 e. The molecule has 1 amide bonds. The molecule has 7 nitrogen and oxygen atoms in total. The first-order chi connectivity index (χ1) is 16.5. The summed E-state index contributed by atoms with van der Waals surface area (Å²) in [6, 6.07) is 12.9. The minimum absolute atomic E-state index is 0.149. The van der Waals surface area contributed by atoms with Crippen LogP contribution in [-0.4, -0.2) is 66.1 Å². The molecule has 5 rings (SSSR count). The lowest BCUT2D eigenvalue weighted by Crippen LogP contribution is -3.14. The standard InChI is InChI=1S/C25H25N3O4S2/c1-16-23(34-24(26-16)17-6-3-2-4-7-17)21(29)19-20(18-8-5-15-33-18)28(25(31)22(19)30)10-9-27-11-13-32-14-12-27/h2-8,15,20,30H,9-14H2,1H3/p+1. The number of quaternary nitrogens is 1. The van der Waals surface area contributed by atoms with Crippen molar-refractivity contribution in [3.05, 3.63) is 74.6 Å². The van der Waals surface area contributed by atoms with Crippen molar-refractivity contribution in [2.24, 2.45) is 0 Å². The van der Waals surface area contributed by atoms with Crippen LogP contribution in [0.25, 0.3) is 10.6 Å². The Bertz CT molecular complexity index is 1210. The van der Waals surface area contributed by atoms with Gasteiger partial charge in [-0.3, -0.25) is 9.59 Å². The first kappa shape index (κ1) is 22.9. The molecule has 1 atom stereocenters. The van der Waals surface area contributed by atoms with Gasteiger partial charge < -0.3 is 19.6 Å². The van der Waals surface area contributed by atoms with Crippen molar-refractivity contribution < 1.29 is 24.3 Å². The van der Waals surface area contributed by atoms with Crippen LogP contribution in [0.4, 0.5) is 0 Å². The fourth-order valence-corrected chi connectivity index (χ4v) is 6.35. The van der Waals surface area contributed by atoms with E-state index in [1.165, 1.54) is 27.6 Å². The summed E-state index contributed by atoms with van der Waals surface area (Å²) in [5, 5.41) is 13.6. The van der Waals surface area contributed by atoms with Gasteiger partial charge in [-0.05, 0) is 18.4 Å². The van der Waals surface area contributed by atoms with E-state index in [1.54, 1.807) is 11.8 Å². The van der Waals surface area contributed by atoms with E-state index in [2.05, 4.69) is 4.98 Å². The number of aryl methyl sites for hydroxylation is 1. The Morgan fingerprint density at radius 2 is 1.97 bits per heavy atom. The second-order valence-corrected chi connectivity index (χ2v) is 10.4. The fourth-order valence-electron chi connectivity index (χ4n) is 4.48. The summed E-state index contributed by atoms with van der Waals surface area (Å²) >= 11 is 2.78. The molecule has 176 valence electrons. The Labute approximate surface area is 205 Å². The molecule has 1 saturated heterocycles. The highest BCUT2D eigenvalue weighted by molar-refractivity contribution is 7.17. The molecule has 0 aliphatic carbocycles. The molecule has 0 saturated carbocycles. The maximum absolute atomic E-state index is 13.8. The Morgan fingerprint density at radius 1 is 1.21 bits per heavy atom. The Kier molecular flexibility index (Phi) is 6.60. The number of hydrogen-bond acceptors (Lipinski definition) is 7. The average Bonchev–Trinajstić information content (AvgIpc) is 3.58. The first-order valence-corrected chi connectivity index (χ1v) is 13.0. The van der Waals surface area contributed by atoms with Crippen molar-refractivity contribution in [3.8, 4) is 10.6 Å². The highest BCUT2D eigenvalue weighted by Gasteiger charge is 2.45. The lowest BCUT2D eigenvalue weighted by molar-refractivity contribution is -0.907. The number of nitrogens with zero attached hydrogens (tertiary/aromatic N) is 2. The number of aromatic nitrogens is 1. The van der Waals surface area contributed by atoms with Crippen LogP contribution in [0.3, 0.4) is 0 Å². The van der Waals surface area contributed by atoms with Crippen molar-refractivity contribution in [1.29, 1.82) is 0 Å². The summed E-state index contributed by atoms with van der Waals surface area (Å²) in [6.07, 6.45) is 0. The number of benzene rings is 1. The Hall–Kier alpha value is -2.85. The van der Waals surface area contributed by atoms with E-state index in [9.17, 15) is 14.7 Å². The van der Waals surface area contributed by atoms with Gasteiger partial charge in [0, 0.05) is 10.4 Å². The number of nitrogens with one attached hydrogen (secondary N) is 1. The molecule has 1 fully saturated rings. The van der Waals surface area contributed by atoms with Crippen LogP contribution in [0, 0.1) is 6.92 Å². The molecule has 0 spiro atoms. The number of aliphatic hydroxyl groups is 1. The number of Topliss-reactive ketones (excluding diaryl/α,β-unsaturated/α-hetero) is 1. The van der Waals surface area contributed by atoms with Gasteiger partial charge in [0.2, 0.25) is 5.78 Å². The minimum Gasteiger partial charge on any atom is -0.503 e. The third-order valence-electron chi connectivity index (χ3n) is 6.29. The topological polar surface area (TPSA) is 84.2 Å². The fraction of sp³-hybridized carbons (Fsp3) is 0.320. The molecule has 9 heteroatoms. The van der Waals surface area contributed by atoms with E-state index < -0.39 is 17.7 Å². The molecule has 34 heavy (non-hydrogen) atoms. The zero-order valence-corrected chi connectivity index (χ0v) is 20.5. The number of ether oxygens (including phenoxy) is 1. The van der Waals surface area contributed by atoms with Crippen molar-refractivity contribution >= 4 is 34.4 Å². The summed E-state index contributed by atoms with van der Waals surface area (Å²) in [6.45, 7) is 6.18. The van der Waals surface area contributed by atoms with Gasteiger partial charge in [-0.1, -0.05) is 36.4 Å². The van der Waals surface area contributed by atoms with E-state index >= 15 is 0 Å². The second kappa shape index (κ2) is 9.79. The van der Waals surface area contributed by atoms with Crippen molar-refractivity contribution in [1.82, 2.24) is 9.88 Å². The van der Waals surface area contributed by atoms with Crippen LogP contribution < -0.4 is 4.90 Å². The van der Waals surface area contributed by atoms with Crippen LogP contribution in [-0.2, 0) is 9.53 Å². The van der Waals surface area contributed by atoms with E-state index in [-0.39, 0.29) is 11.4 Å². The van der Waals surface area contributed by atoms with Crippen LogP contribution in [0.5, 0.6) is 0 Å². The molecular weight excluding hydrogens is 470 g/mol. The average molecular weight is 497 g/mol. The monoisotopic (exact) mass is 496 g/mol. The van der Waals surface area contributed by atoms with E-state index in [0.717, 1.165) is 35.1 Å². The highest BCUT2D eigenvalue weighted by Crippen LogP contribution is 2.42. The summed E-state index contributed by atoms with van der Waals surface area (Å²) < 4.78 is 5.43. The summed E-state index contributed by atoms with van der Waals surface area (Å²) in [5.74, 6) is -1.27. The number of aliphatic hydroxyl groups excluding tert-OH is 1. The van der Waals surface area contributed by atoms with Gasteiger partial charge >= 0.3 is 0 Å². The lowest BCUT2D eigenvalue weighted by atomic mass is 10.0. The van der Waals surface area contributed by atoms with Gasteiger partial charge in [0.25, 0.3) is 5.91 Å². The number of carbonyl (C=O) groups is 2. The normalized spacial score (nSPS) is 19.3. The number of carbonyl (C=O) groups excluding carboxylic acids is 2.